The summed E-state index contributed by atoms with van der Waals surface area (Å²) >= 11 is 0. The molecule has 4 nitrogen and oxygen atoms in total. The highest BCUT2D eigenvalue weighted by atomic mass is 31.0. The molecular weight excluding hydrogens is 189 g/mol. The maximum atomic E-state index is 10.5. The molecule has 0 radical (unpaired) electrons. The fourth-order valence-corrected chi connectivity index (χ4v) is 1.06. The lowest BCUT2D eigenvalue weighted by Crippen LogP contribution is -2.14. The molecule has 0 bridgehead atoms. The van der Waals surface area contributed by atoms with E-state index >= 15 is 0 Å². The second-order valence-corrected chi connectivity index (χ2v) is 3.04. The standard InChI is InChI=1S/C8H8NO3P/c10-8(11)7(9-12)5-1-3-6(13)4-2-5/h1-4,12H,13H2,(H,10,11)/b9-7-. The van der Waals surface area contributed by atoms with Crippen LogP contribution in [-0.2, 0) is 4.79 Å². The zero-order valence-electron chi connectivity index (χ0n) is 6.64. The Morgan fingerprint density at radius 3 is 2.23 bits per heavy atom. The summed E-state index contributed by atoms with van der Waals surface area (Å²) in [5, 5.41) is 20.7. The zero-order chi connectivity index (χ0) is 9.84. The van der Waals surface area contributed by atoms with Crippen LogP contribution in [0.5, 0.6) is 0 Å². The number of hydrogen-bond donors (Lipinski definition) is 2. The molecule has 1 aromatic carbocycles. The van der Waals surface area contributed by atoms with E-state index in [1.165, 1.54) is 0 Å². The maximum Gasteiger partial charge on any atom is 0.358 e. The van der Waals surface area contributed by atoms with Crippen LogP contribution in [0.15, 0.2) is 29.4 Å². The molecule has 68 valence electrons. The summed E-state index contributed by atoms with van der Waals surface area (Å²) in [6.45, 7) is 0. The number of aliphatic carboxylic acids is 1. The Hall–Kier alpha value is -1.41. The molecule has 1 rings (SSSR count). The van der Waals surface area contributed by atoms with Crippen LogP contribution in [0, 0.1) is 0 Å². The van der Waals surface area contributed by atoms with Crippen LogP contribution in [0.25, 0.3) is 0 Å². The van der Waals surface area contributed by atoms with Crippen LogP contribution in [-0.4, -0.2) is 22.0 Å². The molecule has 5 heteroatoms. The Kier molecular flexibility index (Phi) is 2.98. The summed E-state index contributed by atoms with van der Waals surface area (Å²) in [7, 11) is 2.47. The Morgan fingerprint density at radius 1 is 1.31 bits per heavy atom. The Balaban J connectivity index is 3.07. The van der Waals surface area contributed by atoms with Gasteiger partial charge in [-0.15, -0.1) is 9.24 Å². The number of rotatable bonds is 2. The minimum absolute atomic E-state index is 0.356. The van der Waals surface area contributed by atoms with Gasteiger partial charge in [-0.2, -0.15) is 0 Å². The van der Waals surface area contributed by atoms with Crippen LogP contribution in [0.3, 0.4) is 0 Å². The molecule has 0 fully saturated rings. The van der Waals surface area contributed by atoms with Gasteiger partial charge in [0.1, 0.15) is 0 Å². The normalized spacial score (nSPS) is 11.3. The van der Waals surface area contributed by atoms with Crippen LogP contribution in [0.2, 0.25) is 0 Å². The molecule has 0 heterocycles. The number of oxime groups is 1. The van der Waals surface area contributed by atoms with Gasteiger partial charge in [0, 0.05) is 5.56 Å². The lowest BCUT2D eigenvalue weighted by atomic mass is 10.1. The predicted octanol–water partition coefficient (Wildman–Crippen LogP) is 0.450. The molecule has 0 spiro atoms. The fraction of sp³-hybridized carbons (Fsp3) is 0. The second kappa shape index (κ2) is 4.01. The quantitative estimate of drug-likeness (QED) is 0.313. The number of carboxylic acid groups (broad SMARTS) is 1. The van der Waals surface area contributed by atoms with E-state index in [9.17, 15) is 4.79 Å². The maximum absolute atomic E-state index is 10.5. The van der Waals surface area contributed by atoms with E-state index < -0.39 is 5.97 Å². The first-order chi connectivity index (χ1) is 6.15. The average Bonchev–Trinajstić information content (AvgIpc) is 2.09. The van der Waals surface area contributed by atoms with Crippen molar-refractivity contribution in [1.82, 2.24) is 0 Å². The molecular formula is C8H8NO3P. The monoisotopic (exact) mass is 197 g/mol. The van der Waals surface area contributed by atoms with Gasteiger partial charge in [-0.3, -0.25) is 0 Å². The lowest BCUT2D eigenvalue weighted by Gasteiger charge is -1.98. The van der Waals surface area contributed by atoms with E-state index in [1.54, 1.807) is 24.3 Å². The molecule has 1 aromatic rings. The first kappa shape index (κ1) is 9.68. The molecule has 0 aromatic heterocycles. The van der Waals surface area contributed by atoms with E-state index in [1.807, 2.05) is 0 Å². The largest absolute Gasteiger partial charge is 0.476 e. The number of nitrogens with zero attached hydrogens (tertiary/aromatic N) is 1. The topological polar surface area (TPSA) is 69.9 Å². The van der Waals surface area contributed by atoms with Crippen molar-refractivity contribution in [3.63, 3.8) is 0 Å². The van der Waals surface area contributed by atoms with Crippen LogP contribution in [0.1, 0.15) is 5.56 Å². The van der Waals surface area contributed by atoms with Crippen molar-refractivity contribution in [3.8, 4) is 0 Å². The third-order valence-electron chi connectivity index (χ3n) is 1.49. The molecule has 0 saturated carbocycles. The minimum Gasteiger partial charge on any atom is -0.476 e. The van der Waals surface area contributed by atoms with E-state index in [4.69, 9.17) is 10.3 Å². The van der Waals surface area contributed by atoms with Gasteiger partial charge in [-0.05, 0) is 5.30 Å². The molecule has 0 aliphatic carbocycles. The third kappa shape index (κ3) is 2.26. The molecule has 1 unspecified atom stereocenters. The van der Waals surface area contributed by atoms with Crippen molar-refractivity contribution in [3.05, 3.63) is 29.8 Å². The molecule has 0 aliphatic heterocycles. The van der Waals surface area contributed by atoms with Crippen LogP contribution in [0.4, 0.5) is 0 Å². The number of hydrogen-bond acceptors (Lipinski definition) is 3. The Bertz CT molecular complexity index is 345. The fourth-order valence-electron chi connectivity index (χ4n) is 0.865. The molecule has 13 heavy (non-hydrogen) atoms. The Labute approximate surface area is 77.1 Å². The van der Waals surface area contributed by atoms with Crippen molar-refractivity contribution in [2.45, 2.75) is 0 Å². The Morgan fingerprint density at radius 2 is 1.85 bits per heavy atom. The first-order valence-corrected chi connectivity index (χ1v) is 4.04. The smallest absolute Gasteiger partial charge is 0.358 e. The summed E-state index contributed by atoms with van der Waals surface area (Å²) in [5.41, 5.74) is 0.0196. The molecule has 2 N–H and O–H groups in total. The van der Waals surface area contributed by atoms with Crippen molar-refractivity contribution >= 4 is 26.2 Å². The highest BCUT2D eigenvalue weighted by Crippen LogP contribution is 2.01. The van der Waals surface area contributed by atoms with Gasteiger partial charge in [0.15, 0.2) is 5.71 Å². The van der Waals surface area contributed by atoms with Crippen LogP contribution >= 0.6 is 9.24 Å². The van der Waals surface area contributed by atoms with Gasteiger partial charge in [-0.25, -0.2) is 4.79 Å². The predicted molar refractivity (Wildman–Crippen MR) is 51.7 cm³/mol. The number of benzene rings is 1. The van der Waals surface area contributed by atoms with Gasteiger partial charge in [-0.1, -0.05) is 29.4 Å². The van der Waals surface area contributed by atoms with Gasteiger partial charge in [0.05, 0.1) is 0 Å². The molecule has 0 aliphatic rings. The molecule has 0 amide bonds. The molecule has 1 atom stereocenters. The summed E-state index contributed by atoms with van der Waals surface area (Å²) in [6.07, 6.45) is 0. The summed E-state index contributed by atoms with van der Waals surface area (Å²) in [6, 6.07) is 6.58. The van der Waals surface area contributed by atoms with Crippen molar-refractivity contribution in [2.24, 2.45) is 5.16 Å². The second-order valence-electron chi connectivity index (χ2n) is 2.38. The van der Waals surface area contributed by atoms with Gasteiger partial charge < -0.3 is 10.3 Å². The average molecular weight is 197 g/mol. The van der Waals surface area contributed by atoms with E-state index in [0.29, 0.717) is 5.56 Å². The number of carboxylic acids is 1. The van der Waals surface area contributed by atoms with Gasteiger partial charge in [0.25, 0.3) is 0 Å². The number of carbonyl (C=O) groups is 1. The van der Waals surface area contributed by atoms with E-state index in [-0.39, 0.29) is 5.71 Å². The van der Waals surface area contributed by atoms with Gasteiger partial charge >= 0.3 is 5.97 Å². The highest BCUT2D eigenvalue weighted by Gasteiger charge is 2.11. The summed E-state index contributed by atoms with van der Waals surface area (Å²) in [4.78, 5) is 10.5. The zero-order valence-corrected chi connectivity index (χ0v) is 7.79. The van der Waals surface area contributed by atoms with E-state index in [2.05, 4.69) is 14.4 Å². The lowest BCUT2D eigenvalue weighted by molar-refractivity contribution is -0.129. The van der Waals surface area contributed by atoms with Crippen LogP contribution < -0.4 is 5.30 Å². The van der Waals surface area contributed by atoms with Crippen molar-refractivity contribution in [2.75, 3.05) is 0 Å². The van der Waals surface area contributed by atoms with E-state index in [0.717, 1.165) is 5.30 Å². The molecule has 0 saturated heterocycles. The summed E-state index contributed by atoms with van der Waals surface area (Å²) < 4.78 is 0. The van der Waals surface area contributed by atoms with Crippen molar-refractivity contribution in [1.29, 1.82) is 0 Å². The van der Waals surface area contributed by atoms with Gasteiger partial charge in [0.2, 0.25) is 0 Å². The third-order valence-corrected chi connectivity index (χ3v) is 1.87. The first-order valence-electron chi connectivity index (χ1n) is 3.46. The van der Waals surface area contributed by atoms with Crippen molar-refractivity contribution < 1.29 is 15.1 Å². The summed E-state index contributed by atoms with van der Waals surface area (Å²) in [5.74, 6) is -1.25. The highest BCUT2D eigenvalue weighted by molar-refractivity contribution is 7.27. The SMILES string of the molecule is O=C(O)/C(=N\O)c1ccc(P)cc1. The minimum atomic E-state index is -1.25.